The Labute approximate surface area is 119 Å². The smallest absolute Gasteiger partial charge is 0.0230 e. The number of nitrogens with two attached hydrogens (primary N) is 1. The van der Waals surface area contributed by atoms with E-state index in [1.54, 1.807) is 0 Å². The van der Waals surface area contributed by atoms with E-state index in [0.29, 0.717) is 0 Å². The summed E-state index contributed by atoms with van der Waals surface area (Å²) in [6.07, 6.45) is 1.16. The first kappa shape index (κ1) is 16.2. The third-order valence-electron chi connectivity index (χ3n) is 3.37. The molecule has 0 amide bonds. The minimum atomic E-state index is 0.187. The molecule has 0 bridgehead atoms. The van der Waals surface area contributed by atoms with Gasteiger partial charge in [0.25, 0.3) is 0 Å². The number of benzene rings is 1. The summed E-state index contributed by atoms with van der Waals surface area (Å²) in [5.74, 6) is 0.721. The van der Waals surface area contributed by atoms with Gasteiger partial charge in [-0.2, -0.15) is 0 Å². The highest BCUT2D eigenvalue weighted by molar-refractivity contribution is 5.22. The molecule has 0 aliphatic carbocycles. The minimum absolute atomic E-state index is 0.187. The Morgan fingerprint density at radius 1 is 1.11 bits per heavy atom. The van der Waals surface area contributed by atoms with Crippen LogP contribution in [0.5, 0.6) is 0 Å². The first-order valence-electron chi connectivity index (χ1n) is 7.29. The van der Waals surface area contributed by atoms with Crippen LogP contribution in [0, 0.1) is 11.3 Å². The fourth-order valence-electron chi connectivity index (χ4n) is 2.41. The molecule has 0 saturated carbocycles. The van der Waals surface area contributed by atoms with Crippen LogP contribution in [0.2, 0.25) is 0 Å². The molecule has 1 aromatic carbocycles. The van der Waals surface area contributed by atoms with E-state index in [1.807, 2.05) is 0 Å². The zero-order valence-corrected chi connectivity index (χ0v) is 13.2. The van der Waals surface area contributed by atoms with Crippen molar-refractivity contribution in [2.24, 2.45) is 17.1 Å². The molecule has 0 atom stereocenters. The predicted molar refractivity (Wildman–Crippen MR) is 84.2 cm³/mol. The second-order valence-corrected chi connectivity index (χ2v) is 6.96. The van der Waals surface area contributed by atoms with E-state index in [-0.39, 0.29) is 5.41 Å². The summed E-state index contributed by atoms with van der Waals surface area (Å²) in [5, 5.41) is 0. The van der Waals surface area contributed by atoms with Crippen molar-refractivity contribution in [3.8, 4) is 0 Å². The topological polar surface area (TPSA) is 29.3 Å². The Hall–Kier alpha value is -0.860. The number of nitrogens with zero attached hydrogens (tertiary/aromatic N) is 1. The van der Waals surface area contributed by atoms with Crippen LogP contribution >= 0.6 is 0 Å². The van der Waals surface area contributed by atoms with Crippen LogP contribution in [0.4, 0.5) is 0 Å². The molecular weight excluding hydrogens is 232 g/mol. The number of hydrogen-bond acceptors (Lipinski definition) is 2. The summed E-state index contributed by atoms with van der Waals surface area (Å²) >= 11 is 0. The van der Waals surface area contributed by atoms with Crippen LogP contribution < -0.4 is 5.73 Å². The normalized spacial score (nSPS) is 12.4. The molecule has 0 fully saturated rings. The first-order valence-corrected chi connectivity index (χ1v) is 7.29. The van der Waals surface area contributed by atoms with Gasteiger partial charge in [-0.25, -0.2) is 0 Å². The lowest BCUT2D eigenvalue weighted by atomic mass is 9.93. The average molecular weight is 262 g/mol. The lowest BCUT2D eigenvalue weighted by Crippen LogP contribution is -2.36. The fraction of sp³-hybridized carbons (Fsp3) is 0.647. The van der Waals surface area contributed by atoms with Gasteiger partial charge in [0.05, 0.1) is 0 Å². The standard InChI is InChI=1S/C17H30N2/c1-14(2)10-15-6-8-16(9-7-15)11-19(5)13-17(3,4)12-18/h6-9,14H,10-13,18H2,1-5H3. The van der Waals surface area contributed by atoms with Gasteiger partial charge in [0.2, 0.25) is 0 Å². The lowest BCUT2D eigenvalue weighted by molar-refractivity contribution is 0.210. The summed E-state index contributed by atoms with van der Waals surface area (Å²) in [5.41, 5.74) is 8.79. The molecule has 2 heteroatoms. The number of hydrogen-bond donors (Lipinski definition) is 1. The van der Waals surface area contributed by atoms with Gasteiger partial charge in [-0.1, -0.05) is 52.0 Å². The van der Waals surface area contributed by atoms with Crippen molar-refractivity contribution in [1.82, 2.24) is 4.90 Å². The third-order valence-corrected chi connectivity index (χ3v) is 3.37. The second kappa shape index (κ2) is 7.06. The van der Waals surface area contributed by atoms with E-state index < -0.39 is 0 Å². The molecule has 19 heavy (non-hydrogen) atoms. The zero-order chi connectivity index (χ0) is 14.5. The van der Waals surface area contributed by atoms with E-state index in [2.05, 4.69) is 63.9 Å². The molecule has 108 valence electrons. The largest absolute Gasteiger partial charge is 0.330 e. The number of rotatable bonds is 7. The molecule has 2 nitrogen and oxygen atoms in total. The maximum atomic E-state index is 5.79. The van der Waals surface area contributed by atoms with Crippen molar-refractivity contribution < 1.29 is 0 Å². The van der Waals surface area contributed by atoms with Crippen LogP contribution in [-0.2, 0) is 13.0 Å². The molecule has 0 heterocycles. The van der Waals surface area contributed by atoms with Gasteiger partial charge in [-0.05, 0) is 42.5 Å². The molecule has 2 N–H and O–H groups in total. The molecule has 0 unspecified atom stereocenters. The molecule has 1 aromatic rings. The van der Waals surface area contributed by atoms with Crippen LogP contribution in [0.1, 0.15) is 38.8 Å². The van der Waals surface area contributed by atoms with Crippen LogP contribution in [0.3, 0.4) is 0 Å². The summed E-state index contributed by atoms with van der Waals surface area (Å²) in [7, 11) is 2.17. The van der Waals surface area contributed by atoms with Crippen molar-refractivity contribution in [2.75, 3.05) is 20.1 Å². The highest BCUT2D eigenvalue weighted by atomic mass is 15.1. The predicted octanol–water partition coefficient (Wildman–Crippen LogP) is 3.30. The van der Waals surface area contributed by atoms with Gasteiger partial charge in [-0.15, -0.1) is 0 Å². The monoisotopic (exact) mass is 262 g/mol. The molecule has 0 spiro atoms. The van der Waals surface area contributed by atoms with Crippen molar-refractivity contribution in [3.05, 3.63) is 35.4 Å². The lowest BCUT2D eigenvalue weighted by Gasteiger charge is -2.29. The summed E-state index contributed by atoms with van der Waals surface area (Å²) in [6, 6.07) is 9.03. The van der Waals surface area contributed by atoms with Crippen LogP contribution in [0.15, 0.2) is 24.3 Å². The van der Waals surface area contributed by atoms with Crippen molar-refractivity contribution >= 4 is 0 Å². The van der Waals surface area contributed by atoms with E-state index in [1.165, 1.54) is 11.1 Å². The van der Waals surface area contributed by atoms with Crippen molar-refractivity contribution in [2.45, 2.75) is 40.7 Å². The van der Waals surface area contributed by atoms with Gasteiger partial charge in [0.15, 0.2) is 0 Å². The SMILES string of the molecule is CC(C)Cc1ccc(CN(C)CC(C)(C)CN)cc1. The average Bonchev–Trinajstić information content (AvgIpc) is 2.30. The van der Waals surface area contributed by atoms with Gasteiger partial charge in [-0.3, -0.25) is 0 Å². The highest BCUT2D eigenvalue weighted by Crippen LogP contribution is 2.16. The molecular formula is C17H30N2. The molecule has 0 aliphatic heterocycles. The Morgan fingerprint density at radius 2 is 1.63 bits per heavy atom. The van der Waals surface area contributed by atoms with Crippen molar-refractivity contribution in [3.63, 3.8) is 0 Å². The van der Waals surface area contributed by atoms with E-state index in [9.17, 15) is 0 Å². The molecule has 0 saturated heterocycles. The molecule has 0 radical (unpaired) electrons. The third kappa shape index (κ3) is 6.22. The maximum Gasteiger partial charge on any atom is 0.0230 e. The quantitative estimate of drug-likeness (QED) is 0.817. The van der Waals surface area contributed by atoms with Gasteiger partial charge < -0.3 is 10.6 Å². The van der Waals surface area contributed by atoms with Crippen molar-refractivity contribution in [1.29, 1.82) is 0 Å². The molecule has 1 rings (SSSR count). The Balaban J connectivity index is 2.53. The summed E-state index contributed by atoms with van der Waals surface area (Å²) in [6.45, 7) is 11.7. The Bertz CT molecular complexity index is 365. The maximum absolute atomic E-state index is 5.79. The first-order chi connectivity index (χ1) is 8.82. The van der Waals surface area contributed by atoms with Gasteiger partial charge in [0, 0.05) is 13.1 Å². The molecule has 0 aliphatic rings. The van der Waals surface area contributed by atoms with E-state index >= 15 is 0 Å². The Kier molecular flexibility index (Phi) is 6.02. The summed E-state index contributed by atoms with van der Waals surface area (Å²) < 4.78 is 0. The van der Waals surface area contributed by atoms with Crippen LogP contribution in [-0.4, -0.2) is 25.0 Å². The Morgan fingerprint density at radius 3 is 2.11 bits per heavy atom. The van der Waals surface area contributed by atoms with Gasteiger partial charge in [0.1, 0.15) is 0 Å². The second-order valence-electron chi connectivity index (χ2n) is 6.96. The van der Waals surface area contributed by atoms with Crippen LogP contribution in [0.25, 0.3) is 0 Å². The van der Waals surface area contributed by atoms with E-state index in [4.69, 9.17) is 5.73 Å². The van der Waals surface area contributed by atoms with E-state index in [0.717, 1.165) is 32.0 Å². The zero-order valence-electron chi connectivity index (χ0n) is 13.2. The molecule has 0 aromatic heterocycles. The highest BCUT2D eigenvalue weighted by Gasteiger charge is 2.17. The minimum Gasteiger partial charge on any atom is -0.330 e. The fourth-order valence-corrected chi connectivity index (χ4v) is 2.41. The summed E-state index contributed by atoms with van der Waals surface area (Å²) in [4.78, 5) is 2.35. The van der Waals surface area contributed by atoms with Gasteiger partial charge >= 0.3 is 0 Å².